The molecule has 5 nitrogen and oxygen atoms in total. The molecular weight excluding hydrogens is 266 g/mol. The summed E-state index contributed by atoms with van der Waals surface area (Å²) in [6.45, 7) is 0.398. The molecule has 0 aliphatic rings. The van der Waals surface area contributed by atoms with Crippen molar-refractivity contribution in [3.8, 4) is 11.8 Å². The van der Waals surface area contributed by atoms with E-state index in [9.17, 15) is 4.79 Å². The van der Waals surface area contributed by atoms with Crippen molar-refractivity contribution in [3.63, 3.8) is 0 Å². The maximum atomic E-state index is 12.0. The molecule has 0 aliphatic carbocycles. The third-order valence-corrected chi connectivity index (χ3v) is 2.87. The van der Waals surface area contributed by atoms with Crippen molar-refractivity contribution in [2.24, 2.45) is 0 Å². The normalized spacial score (nSPS) is 9.76. The summed E-state index contributed by atoms with van der Waals surface area (Å²) in [7, 11) is 0. The zero-order chi connectivity index (χ0) is 14.9. The first-order valence-electron chi connectivity index (χ1n) is 6.76. The lowest BCUT2D eigenvalue weighted by Crippen LogP contribution is -2.24. The molecular formula is C16H17N3O2. The Labute approximate surface area is 123 Å². The second-order valence-corrected chi connectivity index (χ2v) is 4.44. The molecule has 5 heteroatoms. The maximum absolute atomic E-state index is 12.0. The lowest BCUT2D eigenvalue weighted by Gasteiger charge is -2.05. The van der Waals surface area contributed by atoms with Crippen LogP contribution in [0.25, 0.3) is 0 Å². The molecule has 0 spiro atoms. The Morgan fingerprint density at radius 1 is 1.43 bits per heavy atom. The fourth-order valence-corrected chi connectivity index (χ4v) is 1.87. The molecule has 0 saturated carbocycles. The standard InChI is InChI=1S/C16H17N3O2/c20-11-3-5-13-4-1-6-14(12-13)16(21)19-8-2-7-15-17-9-10-18-15/h1,4,6,9-10,12,20H,2,7-8,11H2,(H,17,18)(H,19,21). The Hall–Kier alpha value is -2.58. The van der Waals surface area contributed by atoms with Gasteiger partial charge < -0.3 is 15.4 Å². The number of nitrogens with one attached hydrogen (secondary N) is 2. The summed E-state index contributed by atoms with van der Waals surface area (Å²) in [6.07, 6.45) is 5.12. The summed E-state index contributed by atoms with van der Waals surface area (Å²) >= 11 is 0. The van der Waals surface area contributed by atoms with E-state index in [4.69, 9.17) is 5.11 Å². The Morgan fingerprint density at radius 2 is 2.33 bits per heavy atom. The minimum atomic E-state index is -0.191. The van der Waals surface area contributed by atoms with Crippen molar-refractivity contribution in [2.75, 3.05) is 13.2 Å². The number of nitrogens with zero attached hydrogens (tertiary/aromatic N) is 1. The molecule has 0 radical (unpaired) electrons. The van der Waals surface area contributed by atoms with Crippen molar-refractivity contribution >= 4 is 5.91 Å². The fraction of sp³-hybridized carbons (Fsp3) is 0.250. The maximum Gasteiger partial charge on any atom is 0.251 e. The summed E-state index contributed by atoms with van der Waals surface area (Å²) in [6, 6.07) is 7.03. The summed E-state index contributed by atoms with van der Waals surface area (Å²) in [5, 5.41) is 11.5. The van der Waals surface area contributed by atoms with Crippen molar-refractivity contribution in [3.05, 3.63) is 53.6 Å². The van der Waals surface area contributed by atoms with Gasteiger partial charge in [-0.3, -0.25) is 4.79 Å². The highest BCUT2D eigenvalue weighted by Crippen LogP contribution is 2.04. The zero-order valence-electron chi connectivity index (χ0n) is 11.6. The van der Waals surface area contributed by atoms with E-state index in [-0.39, 0.29) is 12.5 Å². The Bertz CT molecular complexity index is 639. The van der Waals surface area contributed by atoms with Gasteiger partial charge in [0.05, 0.1) is 0 Å². The highest BCUT2D eigenvalue weighted by molar-refractivity contribution is 5.94. The van der Waals surface area contributed by atoms with Crippen LogP contribution in [0.2, 0.25) is 0 Å². The number of aromatic nitrogens is 2. The van der Waals surface area contributed by atoms with E-state index in [1.165, 1.54) is 0 Å². The second-order valence-electron chi connectivity index (χ2n) is 4.44. The first-order valence-corrected chi connectivity index (χ1v) is 6.76. The number of carbonyl (C=O) groups is 1. The van der Waals surface area contributed by atoms with E-state index in [1.807, 2.05) is 0 Å². The van der Waals surface area contributed by atoms with Gasteiger partial charge in [0.1, 0.15) is 12.4 Å². The van der Waals surface area contributed by atoms with Crippen molar-refractivity contribution in [1.82, 2.24) is 15.3 Å². The van der Waals surface area contributed by atoms with Gasteiger partial charge in [0.2, 0.25) is 0 Å². The van der Waals surface area contributed by atoms with E-state index in [2.05, 4.69) is 27.1 Å². The molecule has 1 aromatic heterocycles. The fourth-order valence-electron chi connectivity index (χ4n) is 1.87. The third-order valence-electron chi connectivity index (χ3n) is 2.87. The largest absolute Gasteiger partial charge is 0.384 e. The third kappa shape index (κ3) is 4.79. The Morgan fingerprint density at radius 3 is 3.10 bits per heavy atom. The van der Waals surface area contributed by atoms with Crippen LogP contribution in [0, 0.1) is 11.8 Å². The second kappa shape index (κ2) is 7.88. The number of hydrogen-bond acceptors (Lipinski definition) is 3. The molecule has 0 aliphatic heterocycles. The van der Waals surface area contributed by atoms with Gasteiger partial charge in [-0.25, -0.2) is 4.98 Å². The highest BCUT2D eigenvalue weighted by atomic mass is 16.2. The van der Waals surface area contributed by atoms with E-state index in [1.54, 1.807) is 36.7 Å². The number of rotatable bonds is 5. The molecule has 0 unspecified atom stereocenters. The van der Waals surface area contributed by atoms with Gasteiger partial charge in [-0.15, -0.1) is 0 Å². The predicted molar refractivity (Wildman–Crippen MR) is 79.6 cm³/mol. The lowest BCUT2D eigenvalue weighted by atomic mass is 10.1. The molecule has 2 rings (SSSR count). The number of amides is 1. The lowest BCUT2D eigenvalue weighted by molar-refractivity contribution is 0.0953. The number of aryl methyl sites for hydroxylation is 1. The number of hydrogen-bond donors (Lipinski definition) is 3. The quantitative estimate of drug-likeness (QED) is 0.568. The summed E-state index contributed by atoms with van der Waals surface area (Å²) in [5.41, 5.74) is 1.28. The van der Waals surface area contributed by atoms with Crippen LogP contribution in [0.5, 0.6) is 0 Å². The van der Waals surface area contributed by atoms with E-state index < -0.39 is 0 Å². The average Bonchev–Trinajstić information content (AvgIpc) is 3.03. The van der Waals surface area contributed by atoms with Gasteiger partial charge in [-0.1, -0.05) is 17.9 Å². The van der Waals surface area contributed by atoms with E-state index in [0.717, 1.165) is 18.7 Å². The number of aliphatic hydroxyl groups is 1. The number of H-pyrrole nitrogens is 1. The molecule has 1 aromatic carbocycles. The molecule has 0 bridgehead atoms. The molecule has 0 saturated heterocycles. The van der Waals surface area contributed by atoms with Gasteiger partial charge in [0, 0.05) is 36.5 Å². The van der Waals surface area contributed by atoms with Gasteiger partial charge in [0.25, 0.3) is 5.91 Å². The zero-order valence-corrected chi connectivity index (χ0v) is 11.6. The monoisotopic (exact) mass is 283 g/mol. The molecule has 3 N–H and O–H groups in total. The minimum Gasteiger partial charge on any atom is -0.384 e. The van der Waals surface area contributed by atoms with Crippen LogP contribution in [0.15, 0.2) is 36.7 Å². The molecule has 0 atom stereocenters. The van der Waals surface area contributed by atoms with Crippen LogP contribution in [-0.4, -0.2) is 34.1 Å². The molecule has 1 amide bonds. The summed E-state index contributed by atoms with van der Waals surface area (Å²) < 4.78 is 0. The van der Waals surface area contributed by atoms with Crippen LogP contribution in [0.1, 0.15) is 28.2 Å². The van der Waals surface area contributed by atoms with Crippen LogP contribution in [-0.2, 0) is 6.42 Å². The number of imidazole rings is 1. The van der Waals surface area contributed by atoms with Gasteiger partial charge in [-0.05, 0) is 24.6 Å². The van der Waals surface area contributed by atoms with E-state index in [0.29, 0.717) is 17.7 Å². The summed E-state index contributed by atoms with van der Waals surface area (Å²) in [4.78, 5) is 19.2. The van der Waals surface area contributed by atoms with Gasteiger partial charge in [0.15, 0.2) is 0 Å². The molecule has 2 aromatic rings. The molecule has 1 heterocycles. The topological polar surface area (TPSA) is 78.0 Å². The predicted octanol–water partition coefficient (Wildman–Crippen LogP) is 1.12. The van der Waals surface area contributed by atoms with Crippen LogP contribution in [0.3, 0.4) is 0 Å². The van der Waals surface area contributed by atoms with Crippen LogP contribution >= 0.6 is 0 Å². The number of benzene rings is 1. The number of aromatic amines is 1. The van der Waals surface area contributed by atoms with Crippen molar-refractivity contribution in [2.45, 2.75) is 12.8 Å². The molecule has 108 valence electrons. The van der Waals surface area contributed by atoms with Gasteiger partial charge >= 0.3 is 0 Å². The Kier molecular flexibility index (Phi) is 5.56. The summed E-state index contributed by atoms with van der Waals surface area (Å²) in [5.74, 6) is 6.14. The smallest absolute Gasteiger partial charge is 0.251 e. The highest BCUT2D eigenvalue weighted by Gasteiger charge is 2.05. The van der Waals surface area contributed by atoms with Crippen molar-refractivity contribution < 1.29 is 9.90 Å². The first kappa shape index (κ1) is 14.8. The molecule has 0 fully saturated rings. The SMILES string of the molecule is O=C(NCCCc1ncc[nH]1)c1cccc(C#CCO)c1. The van der Waals surface area contributed by atoms with Crippen LogP contribution < -0.4 is 5.32 Å². The molecule has 21 heavy (non-hydrogen) atoms. The van der Waals surface area contributed by atoms with Gasteiger partial charge in [-0.2, -0.15) is 0 Å². The Balaban J connectivity index is 1.82. The van der Waals surface area contributed by atoms with Crippen molar-refractivity contribution in [1.29, 1.82) is 0 Å². The number of aliphatic hydroxyl groups excluding tert-OH is 1. The number of carbonyl (C=O) groups excluding carboxylic acids is 1. The average molecular weight is 283 g/mol. The first-order chi connectivity index (χ1) is 10.3. The minimum absolute atomic E-state index is 0.123. The van der Waals surface area contributed by atoms with E-state index >= 15 is 0 Å². The van der Waals surface area contributed by atoms with Crippen LogP contribution in [0.4, 0.5) is 0 Å².